The lowest BCUT2D eigenvalue weighted by Gasteiger charge is -2.46. The van der Waals surface area contributed by atoms with Crippen LogP contribution in [0.5, 0.6) is 5.75 Å². The molecule has 4 heterocycles. The lowest BCUT2D eigenvalue weighted by atomic mass is 9.89. The zero-order valence-corrected chi connectivity index (χ0v) is 44.9. The van der Waals surface area contributed by atoms with Crippen molar-refractivity contribution < 1.29 is 53.4 Å². The van der Waals surface area contributed by atoms with Crippen molar-refractivity contribution in [2.75, 3.05) is 20.7 Å². The number of hydrogen-bond donors (Lipinski definition) is 6. The van der Waals surface area contributed by atoms with Gasteiger partial charge < -0.3 is 55.5 Å². The summed E-state index contributed by atoms with van der Waals surface area (Å²) in [5.41, 5.74) is 0.535. The van der Waals surface area contributed by atoms with Crippen molar-refractivity contribution in [3.05, 3.63) is 82.1 Å². The maximum Gasteiger partial charge on any atom is 0.310 e. The Bertz CT molecular complexity index is 2680. The number of nitrogens with one attached hydrogen (secondary N) is 4. The summed E-state index contributed by atoms with van der Waals surface area (Å²) in [4.78, 5) is 118. The third-order valence-corrected chi connectivity index (χ3v) is 14.7. The second-order valence-corrected chi connectivity index (χ2v) is 21.8. The first-order valence-electron chi connectivity index (χ1n) is 25.8. The Balaban J connectivity index is 1.51. The molecule has 2 bridgehead atoms. The predicted octanol–water partition coefficient (Wildman–Crippen LogP) is 3.41. The van der Waals surface area contributed by atoms with Gasteiger partial charge in [-0.05, 0) is 88.5 Å². The molecule has 21 nitrogen and oxygen atoms in total. The fourth-order valence-electron chi connectivity index (χ4n) is 10.2. The summed E-state index contributed by atoms with van der Waals surface area (Å²) in [5, 5.41) is 45.9. The van der Waals surface area contributed by atoms with Gasteiger partial charge in [0.15, 0.2) is 5.75 Å². The largest absolute Gasteiger partial charge is 0.502 e. The van der Waals surface area contributed by atoms with E-state index in [-0.39, 0.29) is 62.0 Å². The molecule has 21 heteroatoms. The molecule has 1 aromatic heterocycles. The lowest BCUT2D eigenvalue weighted by Crippen LogP contribution is -2.66. The molecule has 10 atom stereocenters. The Morgan fingerprint density at radius 1 is 0.800 bits per heavy atom. The smallest absolute Gasteiger partial charge is 0.310 e. The van der Waals surface area contributed by atoms with Crippen LogP contribution in [0.15, 0.2) is 60.8 Å². The first-order valence-corrected chi connectivity index (χ1v) is 25.8. The lowest BCUT2D eigenvalue weighted by molar-refractivity contribution is -0.385. The number of ether oxygens (including phenoxy) is 1. The van der Waals surface area contributed by atoms with Crippen LogP contribution in [0, 0.1) is 27.9 Å². The number of hydrogen-bond acceptors (Lipinski definition) is 12. The number of para-hydroxylation sites is 1. The summed E-state index contributed by atoms with van der Waals surface area (Å²) in [6.45, 7) is 16.8. The number of carbonyl (C=O) groups is 7. The third kappa shape index (κ3) is 13.0. The summed E-state index contributed by atoms with van der Waals surface area (Å²) in [5.74, 6) is -7.06. The Kier molecular flexibility index (Phi) is 18.2. The van der Waals surface area contributed by atoms with E-state index in [9.17, 15) is 49.1 Å². The molecular weight excluding hydrogens is 967 g/mol. The van der Waals surface area contributed by atoms with Gasteiger partial charge in [-0.15, -0.1) is 0 Å². The molecule has 6 rings (SSSR count). The number of likely N-dealkylation sites (N-methyl/N-ethyl adjacent to an activating group) is 2. The highest BCUT2D eigenvalue weighted by atomic mass is 16.6. The van der Waals surface area contributed by atoms with Crippen LogP contribution in [0.25, 0.3) is 10.9 Å². The number of fused-ring (bicyclic) bond motifs is 3. The zero-order valence-electron chi connectivity index (χ0n) is 44.9. The van der Waals surface area contributed by atoms with Gasteiger partial charge >= 0.3 is 5.69 Å². The number of phenols is 1. The first kappa shape index (κ1) is 57.4. The van der Waals surface area contributed by atoms with Crippen LogP contribution in [0.3, 0.4) is 0 Å². The van der Waals surface area contributed by atoms with E-state index in [1.165, 1.54) is 32.0 Å². The molecule has 0 spiro atoms. The van der Waals surface area contributed by atoms with E-state index >= 15 is 4.79 Å². The fraction of sp³-hybridized carbons (Fsp3) is 0.574. The predicted molar refractivity (Wildman–Crippen MR) is 278 cm³/mol. The first-order chi connectivity index (χ1) is 35.3. The molecular formula is C54H75N9O12. The maximum absolute atomic E-state index is 15.4. The highest BCUT2D eigenvalue weighted by molar-refractivity contribution is 5.99. The van der Waals surface area contributed by atoms with Crippen LogP contribution in [-0.2, 0) is 56.7 Å². The molecule has 0 saturated carbocycles. The quantitative estimate of drug-likeness (QED) is 0.0622. The Morgan fingerprint density at radius 2 is 1.40 bits per heavy atom. The van der Waals surface area contributed by atoms with Gasteiger partial charge in [0.05, 0.1) is 17.1 Å². The second-order valence-electron chi connectivity index (χ2n) is 21.8. The normalized spacial score (nSPS) is 27.1. The van der Waals surface area contributed by atoms with Crippen LogP contribution in [0.2, 0.25) is 0 Å². The molecule has 2 aromatic carbocycles. The number of nitrogens with zero attached hydrogens (tertiary/aromatic N) is 5. The van der Waals surface area contributed by atoms with Gasteiger partial charge in [0.1, 0.15) is 54.6 Å². The van der Waals surface area contributed by atoms with Gasteiger partial charge in [0, 0.05) is 56.0 Å². The van der Waals surface area contributed by atoms with Crippen molar-refractivity contribution in [1.82, 2.24) is 40.5 Å². The minimum absolute atomic E-state index is 0.00916. The van der Waals surface area contributed by atoms with Crippen LogP contribution in [-0.4, -0.2) is 151 Å². The van der Waals surface area contributed by atoms with Gasteiger partial charge in [-0.25, -0.2) is 0 Å². The van der Waals surface area contributed by atoms with Crippen LogP contribution in [0.4, 0.5) is 5.69 Å². The van der Waals surface area contributed by atoms with E-state index in [0.29, 0.717) is 12.2 Å². The molecule has 75 heavy (non-hydrogen) atoms. The number of benzene rings is 2. The molecule has 0 radical (unpaired) electrons. The number of aliphatic hydroxyl groups excluding tert-OH is 1. The zero-order chi connectivity index (χ0) is 55.4. The van der Waals surface area contributed by atoms with Gasteiger partial charge in [-0.2, -0.15) is 0 Å². The molecule has 3 aromatic rings. The Hall–Kier alpha value is -6.87. The van der Waals surface area contributed by atoms with E-state index in [1.54, 1.807) is 26.0 Å². The van der Waals surface area contributed by atoms with Gasteiger partial charge in [-0.3, -0.25) is 43.7 Å². The molecule has 408 valence electrons. The molecule has 3 aliphatic heterocycles. The topological polar surface area (TPSA) is 278 Å². The highest BCUT2D eigenvalue weighted by Crippen LogP contribution is 2.37. The van der Waals surface area contributed by atoms with E-state index in [0.717, 1.165) is 32.8 Å². The van der Waals surface area contributed by atoms with Gasteiger partial charge in [0.25, 0.3) is 0 Å². The average Bonchev–Trinajstić information content (AvgIpc) is 4.16. The number of epoxide rings is 1. The standard InChI is InChI=1S/C54H75N9O12/c1-12-13-17-36-46(65)58-38(26-34-27-61(54(8,9)45-28-75-45)39-18-15-14-16-35(34)39)52(71)59(10)41(21-29(2)3)48(67)57-37(24-33-19-20-44(64)40(25-33)63(73)74)47(66)55-32(7)51(70)60(11)43-23-31(6)50(69)62(53(43)72)42(22-30(4)5)49(68)56-36/h12-16,18-20,25,27,29-32,36-38,41-43,45,50,64,69H,17,21-24,26,28H2,1-11H3,(H,55,66)(H,56,68)(H,57,67)(H,58,65)/b13-12+/t31-,32+,36+,37+,38+,41+,42+,43+,45-,50-/m1/s1. The number of phenolic OH excluding ortho intramolecular Hbond substituents is 1. The molecule has 7 amide bonds. The SMILES string of the molecule is C/C=C/C[C@@H]1NC(=O)[C@H](CC(C)C)N2C(=O)[C@H](C[C@@H](C)[C@H]2O)N(C)C(=O)[C@H](C)NC(=O)[C@H](Cc2ccc(O)c([N+](=O)[O-])c2)NC(=O)[C@H](CC(C)C)N(C)C(=O)[C@H](Cc2cn(C(C)(C)[C@H]3CO3)c3ccccc23)NC1=O. The second kappa shape index (κ2) is 23.8. The van der Waals surface area contributed by atoms with Gasteiger partial charge in [-0.1, -0.05) is 71.0 Å². The van der Waals surface area contributed by atoms with Crippen LogP contribution >= 0.6 is 0 Å². The fourth-order valence-corrected chi connectivity index (χ4v) is 10.2. The molecule has 0 aliphatic carbocycles. The Labute approximate surface area is 437 Å². The Morgan fingerprint density at radius 3 is 2.03 bits per heavy atom. The summed E-state index contributed by atoms with van der Waals surface area (Å²) < 4.78 is 7.84. The number of rotatable bonds is 13. The molecule has 6 N–H and O–H groups in total. The summed E-state index contributed by atoms with van der Waals surface area (Å²) in [6, 6.07) is 1.75. The number of nitro benzene ring substituents is 1. The number of aromatic nitrogens is 1. The molecule has 3 aliphatic rings. The number of carbonyl (C=O) groups excluding carboxylic acids is 7. The molecule has 3 fully saturated rings. The van der Waals surface area contributed by atoms with E-state index < -0.39 is 118 Å². The summed E-state index contributed by atoms with van der Waals surface area (Å²) in [7, 11) is 2.79. The van der Waals surface area contributed by atoms with E-state index in [2.05, 4.69) is 25.8 Å². The van der Waals surface area contributed by atoms with Crippen molar-refractivity contribution >= 4 is 57.9 Å². The number of nitro groups is 1. The number of piperidine rings is 1. The van der Waals surface area contributed by atoms with Crippen molar-refractivity contribution in [3.63, 3.8) is 0 Å². The highest BCUT2D eigenvalue weighted by Gasteiger charge is 2.48. The minimum Gasteiger partial charge on any atom is -0.502 e. The number of aliphatic hydroxyl groups is 1. The van der Waals surface area contributed by atoms with Crippen LogP contribution < -0.4 is 21.3 Å². The van der Waals surface area contributed by atoms with Crippen molar-refractivity contribution in [2.24, 2.45) is 17.8 Å². The van der Waals surface area contributed by atoms with Crippen LogP contribution in [0.1, 0.15) is 99.1 Å². The van der Waals surface area contributed by atoms with Crippen molar-refractivity contribution in [3.8, 4) is 5.75 Å². The van der Waals surface area contributed by atoms with Gasteiger partial charge in [0.2, 0.25) is 41.4 Å². The summed E-state index contributed by atoms with van der Waals surface area (Å²) in [6.07, 6.45) is 3.36. The van der Waals surface area contributed by atoms with Crippen molar-refractivity contribution in [2.45, 2.75) is 161 Å². The monoisotopic (exact) mass is 1040 g/mol. The number of amides is 7. The minimum atomic E-state index is -1.53. The summed E-state index contributed by atoms with van der Waals surface area (Å²) >= 11 is 0. The third-order valence-electron chi connectivity index (χ3n) is 14.7. The van der Waals surface area contributed by atoms with Crippen molar-refractivity contribution in [1.29, 1.82) is 0 Å². The van der Waals surface area contributed by atoms with E-state index in [4.69, 9.17) is 4.74 Å². The average molecular weight is 1040 g/mol. The molecule has 0 unspecified atom stereocenters. The maximum atomic E-state index is 15.4. The van der Waals surface area contributed by atoms with E-state index in [1.807, 2.05) is 72.0 Å². The molecule has 3 saturated heterocycles. The number of aromatic hydroxyl groups is 1. The number of allylic oxidation sites excluding steroid dienone is 1.